The molecule has 2 N–H and O–H groups in total. The molecule has 1 aromatic rings. The van der Waals surface area contributed by atoms with E-state index in [2.05, 4.69) is 19.1 Å². The fourth-order valence-corrected chi connectivity index (χ4v) is 1.61. The van der Waals surface area contributed by atoms with Crippen LogP contribution in [0.5, 0.6) is 5.75 Å². The van der Waals surface area contributed by atoms with Crippen LogP contribution in [0.15, 0.2) is 18.2 Å². The molecule has 1 rings (SSSR count). The summed E-state index contributed by atoms with van der Waals surface area (Å²) in [6.45, 7) is 2.14. The van der Waals surface area contributed by atoms with Crippen molar-refractivity contribution in [1.82, 2.24) is 0 Å². The number of methoxy groups -OCH3 is 1. The van der Waals surface area contributed by atoms with Gasteiger partial charge in [0, 0.05) is 6.42 Å². The van der Waals surface area contributed by atoms with Crippen molar-refractivity contribution in [3.63, 3.8) is 0 Å². The lowest BCUT2D eigenvalue weighted by Gasteiger charge is -2.09. The minimum absolute atomic E-state index is 0.555. The molecule has 0 aliphatic heterocycles. The number of nitrogens with two attached hydrogens (primary N) is 1. The van der Waals surface area contributed by atoms with Crippen LogP contribution in [0.1, 0.15) is 24.5 Å². The van der Waals surface area contributed by atoms with Crippen molar-refractivity contribution >= 4 is 17.2 Å². The Hall–Kier alpha value is -1.09. The molecule has 0 saturated heterocycles. The monoisotopic (exact) mass is 223 g/mol. The Morgan fingerprint density at radius 3 is 2.73 bits per heavy atom. The van der Waals surface area contributed by atoms with E-state index in [-0.39, 0.29) is 0 Å². The fraction of sp³-hybridized carbons (Fsp3) is 0.417. The number of benzene rings is 1. The van der Waals surface area contributed by atoms with Gasteiger partial charge in [0.15, 0.2) is 0 Å². The van der Waals surface area contributed by atoms with Crippen molar-refractivity contribution in [3.05, 3.63) is 29.3 Å². The van der Waals surface area contributed by atoms with Crippen molar-refractivity contribution in [2.75, 3.05) is 7.11 Å². The molecule has 0 spiro atoms. The van der Waals surface area contributed by atoms with Crippen molar-refractivity contribution in [3.8, 4) is 5.75 Å². The molecule has 0 aliphatic rings. The predicted molar refractivity (Wildman–Crippen MR) is 67.5 cm³/mol. The van der Waals surface area contributed by atoms with Gasteiger partial charge in [-0.25, -0.2) is 0 Å². The van der Waals surface area contributed by atoms with Gasteiger partial charge in [-0.2, -0.15) is 0 Å². The summed E-state index contributed by atoms with van der Waals surface area (Å²) < 4.78 is 5.29. The molecule has 0 amide bonds. The van der Waals surface area contributed by atoms with Crippen molar-refractivity contribution in [2.24, 2.45) is 5.73 Å². The van der Waals surface area contributed by atoms with Gasteiger partial charge in [-0.05, 0) is 30.0 Å². The summed E-state index contributed by atoms with van der Waals surface area (Å²) in [7, 11) is 1.69. The zero-order chi connectivity index (χ0) is 11.3. The molecule has 0 saturated carbocycles. The molecule has 0 atom stereocenters. The average Bonchev–Trinajstić information content (AvgIpc) is 2.25. The molecule has 0 heterocycles. The van der Waals surface area contributed by atoms with Crippen LogP contribution < -0.4 is 10.5 Å². The van der Waals surface area contributed by atoms with Gasteiger partial charge < -0.3 is 10.5 Å². The first-order valence-corrected chi connectivity index (χ1v) is 5.52. The summed E-state index contributed by atoms with van der Waals surface area (Å²) >= 11 is 4.87. The van der Waals surface area contributed by atoms with E-state index in [1.54, 1.807) is 7.11 Å². The van der Waals surface area contributed by atoms with Crippen LogP contribution in [0.3, 0.4) is 0 Å². The maximum Gasteiger partial charge on any atom is 0.122 e. The topological polar surface area (TPSA) is 35.2 Å². The molecular weight excluding hydrogens is 206 g/mol. The summed E-state index contributed by atoms with van der Waals surface area (Å²) in [5, 5.41) is 0. The maximum absolute atomic E-state index is 5.49. The molecular formula is C12H17NOS. The SMILES string of the molecule is CCc1ccc(OC)c(CCC(N)=S)c1. The van der Waals surface area contributed by atoms with E-state index in [1.165, 1.54) is 11.1 Å². The lowest BCUT2D eigenvalue weighted by molar-refractivity contribution is 0.409. The Bertz CT molecular complexity index is 349. The molecule has 0 fully saturated rings. The van der Waals surface area contributed by atoms with Gasteiger partial charge in [0.2, 0.25) is 0 Å². The third-order valence-corrected chi connectivity index (χ3v) is 2.60. The highest BCUT2D eigenvalue weighted by atomic mass is 32.1. The quantitative estimate of drug-likeness (QED) is 0.779. The Kier molecular flexibility index (Phi) is 4.56. The van der Waals surface area contributed by atoms with Crippen LogP contribution in [0.25, 0.3) is 0 Å². The van der Waals surface area contributed by atoms with Gasteiger partial charge in [0.1, 0.15) is 5.75 Å². The molecule has 15 heavy (non-hydrogen) atoms. The first kappa shape index (κ1) is 12.0. The lowest BCUT2D eigenvalue weighted by atomic mass is 10.0. The highest BCUT2D eigenvalue weighted by molar-refractivity contribution is 7.80. The maximum atomic E-state index is 5.49. The van der Waals surface area contributed by atoms with Gasteiger partial charge in [0.25, 0.3) is 0 Å². The van der Waals surface area contributed by atoms with Crippen LogP contribution >= 0.6 is 12.2 Å². The van der Waals surface area contributed by atoms with Gasteiger partial charge in [-0.3, -0.25) is 0 Å². The first-order valence-electron chi connectivity index (χ1n) is 5.11. The highest BCUT2D eigenvalue weighted by Crippen LogP contribution is 2.21. The number of hydrogen-bond donors (Lipinski definition) is 1. The van der Waals surface area contributed by atoms with Crippen LogP contribution in [-0.4, -0.2) is 12.1 Å². The van der Waals surface area contributed by atoms with Gasteiger partial charge in [0.05, 0.1) is 12.1 Å². The normalized spacial score (nSPS) is 10.0. The summed E-state index contributed by atoms with van der Waals surface area (Å²) in [6.07, 6.45) is 2.62. The Morgan fingerprint density at radius 2 is 2.20 bits per heavy atom. The second kappa shape index (κ2) is 5.71. The van der Waals surface area contributed by atoms with Gasteiger partial charge in [-0.1, -0.05) is 31.3 Å². The summed E-state index contributed by atoms with van der Waals surface area (Å²) in [5.41, 5.74) is 7.99. The minimum Gasteiger partial charge on any atom is -0.496 e. The predicted octanol–water partition coefficient (Wildman–Crippen LogP) is 2.48. The lowest BCUT2D eigenvalue weighted by Crippen LogP contribution is -2.09. The van der Waals surface area contributed by atoms with E-state index in [0.29, 0.717) is 4.99 Å². The Labute approximate surface area is 96.4 Å². The van der Waals surface area contributed by atoms with Crippen LogP contribution in [0.4, 0.5) is 0 Å². The molecule has 0 unspecified atom stereocenters. The number of aryl methyl sites for hydroxylation is 2. The second-order valence-electron chi connectivity index (χ2n) is 3.47. The number of thiocarbonyl (C=S) groups is 1. The van der Waals surface area contributed by atoms with E-state index in [0.717, 1.165) is 25.0 Å². The fourth-order valence-electron chi connectivity index (χ4n) is 1.51. The molecule has 2 nitrogen and oxygen atoms in total. The van der Waals surface area contributed by atoms with E-state index in [4.69, 9.17) is 22.7 Å². The Balaban J connectivity index is 2.85. The van der Waals surface area contributed by atoms with Gasteiger partial charge in [-0.15, -0.1) is 0 Å². The summed E-state index contributed by atoms with van der Waals surface area (Å²) in [5.74, 6) is 0.920. The van der Waals surface area contributed by atoms with E-state index in [9.17, 15) is 0 Å². The molecule has 0 radical (unpaired) electrons. The van der Waals surface area contributed by atoms with E-state index < -0.39 is 0 Å². The third-order valence-electron chi connectivity index (χ3n) is 2.39. The van der Waals surface area contributed by atoms with Crippen molar-refractivity contribution in [2.45, 2.75) is 26.2 Å². The van der Waals surface area contributed by atoms with Crippen LogP contribution in [0, 0.1) is 0 Å². The summed E-state index contributed by atoms with van der Waals surface area (Å²) in [6, 6.07) is 6.26. The molecule has 1 aromatic carbocycles. The van der Waals surface area contributed by atoms with Crippen LogP contribution in [0.2, 0.25) is 0 Å². The molecule has 0 aliphatic carbocycles. The largest absolute Gasteiger partial charge is 0.496 e. The van der Waals surface area contributed by atoms with E-state index in [1.807, 2.05) is 6.07 Å². The molecule has 82 valence electrons. The minimum atomic E-state index is 0.555. The van der Waals surface area contributed by atoms with Crippen molar-refractivity contribution in [1.29, 1.82) is 0 Å². The zero-order valence-electron chi connectivity index (χ0n) is 9.25. The highest BCUT2D eigenvalue weighted by Gasteiger charge is 2.04. The number of rotatable bonds is 5. The zero-order valence-corrected chi connectivity index (χ0v) is 10.1. The smallest absolute Gasteiger partial charge is 0.122 e. The standard InChI is InChI=1S/C12H17NOS/c1-3-9-4-6-11(14-2)10(8-9)5-7-12(13)15/h4,6,8H,3,5,7H2,1-2H3,(H2,13,15). The van der Waals surface area contributed by atoms with Crippen LogP contribution in [-0.2, 0) is 12.8 Å². The molecule has 3 heteroatoms. The summed E-state index contributed by atoms with van der Waals surface area (Å²) in [4.78, 5) is 0.555. The van der Waals surface area contributed by atoms with Crippen molar-refractivity contribution < 1.29 is 4.74 Å². The van der Waals surface area contributed by atoms with Gasteiger partial charge >= 0.3 is 0 Å². The number of hydrogen-bond acceptors (Lipinski definition) is 2. The Morgan fingerprint density at radius 1 is 1.47 bits per heavy atom. The third kappa shape index (κ3) is 3.51. The second-order valence-corrected chi connectivity index (χ2v) is 3.99. The average molecular weight is 223 g/mol. The molecule has 0 bridgehead atoms. The first-order chi connectivity index (χ1) is 7.17. The molecule has 0 aromatic heterocycles. The van der Waals surface area contributed by atoms with E-state index >= 15 is 0 Å². The number of ether oxygens (including phenoxy) is 1.